The number of carbonyl (C=O) groups excluding carboxylic acids is 3. The highest BCUT2D eigenvalue weighted by Gasteiger charge is 2.31. The van der Waals surface area contributed by atoms with Gasteiger partial charge in [-0.1, -0.05) is 30.1 Å². The number of carboxylic acids is 1. The zero-order chi connectivity index (χ0) is 37.0. The predicted molar refractivity (Wildman–Crippen MR) is 197 cm³/mol. The SMILES string of the molecule is CNC(=O)c1c(-c2ccc(F)cc2)oc2cc(N(CCOCCOCCOCCCc3cccc(C(=O)CC(=O)C(=O)O)c3)SC)c(C3CC3)cc12. The minimum Gasteiger partial charge on any atom is -0.475 e. The molecule has 4 aromatic rings. The normalized spacial score (nSPS) is 12.6. The fraction of sp³-hybridized carbons (Fsp3) is 0.385. The van der Waals surface area contributed by atoms with Crippen LogP contribution in [0.3, 0.4) is 0 Å². The van der Waals surface area contributed by atoms with Gasteiger partial charge in [-0.2, -0.15) is 0 Å². The quantitative estimate of drug-likeness (QED) is 0.0301. The summed E-state index contributed by atoms with van der Waals surface area (Å²) in [5.41, 5.74) is 5.06. The van der Waals surface area contributed by atoms with Crippen LogP contribution in [-0.2, 0) is 30.2 Å². The lowest BCUT2D eigenvalue weighted by Gasteiger charge is -2.24. The first kappa shape index (κ1) is 38.7. The van der Waals surface area contributed by atoms with Crippen molar-refractivity contribution in [2.75, 3.05) is 63.8 Å². The third-order valence-electron chi connectivity index (χ3n) is 8.65. The number of furan rings is 1. The van der Waals surface area contributed by atoms with Crippen molar-refractivity contribution >= 4 is 52.0 Å². The summed E-state index contributed by atoms with van der Waals surface area (Å²) in [5, 5.41) is 12.2. The zero-order valence-electron chi connectivity index (χ0n) is 29.3. The number of benzene rings is 3. The van der Waals surface area contributed by atoms with Crippen molar-refractivity contribution in [3.8, 4) is 11.3 Å². The number of Topliss-reactive ketones (excluding diaryl/α,β-unsaturated/α-hetero) is 2. The number of hydrogen-bond acceptors (Lipinski definition) is 10. The minimum absolute atomic E-state index is 0.261. The van der Waals surface area contributed by atoms with Crippen LogP contribution in [0.2, 0.25) is 0 Å². The molecule has 1 fully saturated rings. The fourth-order valence-electron chi connectivity index (χ4n) is 5.84. The average molecular weight is 735 g/mol. The number of anilines is 1. The molecule has 5 rings (SSSR count). The molecule has 3 aromatic carbocycles. The number of nitrogens with zero attached hydrogens (tertiary/aromatic N) is 1. The van der Waals surface area contributed by atoms with E-state index in [9.17, 15) is 23.6 Å². The number of halogens is 1. The highest BCUT2D eigenvalue weighted by molar-refractivity contribution is 7.99. The Morgan fingerprint density at radius 3 is 2.29 bits per heavy atom. The summed E-state index contributed by atoms with van der Waals surface area (Å²) in [6.45, 7) is 3.32. The van der Waals surface area contributed by atoms with Crippen LogP contribution in [0.25, 0.3) is 22.3 Å². The number of rotatable bonds is 22. The Kier molecular flexibility index (Phi) is 14.0. The van der Waals surface area contributed by atoms with Gasteiger partial charge >= 0.3 is 5.97 Å². The monoisotopic (exact) mass is 734 g/mol. The molecule has 0 unspecified atom stereocenters. The lowest BCUT2D eigenvalue weighted by Crippen LogP contribution is -2.22. The summed E-state index contributed by atoms with van der Waals surface area (Å²) < 4.78 is 39.3. The third-order valence-corrected chi connectivity index (χ3v) is 9.47. The van der Waals surface area contributed by atoms with Gasteiger partial charge in [0.2, 0.25) is 5.78 Å². The van der Waals surface area contributed by atoms with E-state index in [4.69, 9.17) is 23.7 Å². The Morgan fingerprint density at radius 2 is 1.63 bits per heavy atom. The van der Waals surface area contributed by atoms with Gasteiger partial charge in [-0.15, -0.1) is 0 Å². The number of amides is 1. The van der Waals surface area contributed by atoms with Crippen molar-refractivity contribution in [3.05, 3.63) is 88.7 Å². The maximum absolute atomic E-state index is 13.7. The van der Waals surface area contributed by atoms with E-state index in [0.29, 0.717) is 86.6 Å². The van der Waals surface area contributed by atoms with E-state index in [1.165, 1.54) is 12.1 Å². The molecule has 276 valence electrons. The lowest BCUT2D eigenvalue weighted by atomic mass is 10.0. The van der Waals surface area contributed by atoms with Gasteiger partial charge in [-0.25, -0.2) is 9.18 Å². The first-order valence-electron chi connectivity index (χ1n) is 17.2. The lowest BCUT2D eigenvalue weighted by molar-refractivity contribution is -0.148. The molecule has 0 radical (unpaired) electrons. The summed E-state index contributed by atoms with van der Waals surface area (Å²) in [5.74, 6) is -3.06. The molecule has 0 saturated heterocycles. The van der Waals surface area contributed by atoms with Crippen LogP contribution in [0.4, 0.5) is 10.1 Å². The molecule has 0 bridgehead atoms. The Labute approximate surface area is 305 Å². The highest BCUT2D eigenvalue weighted by Crippen LogP contribution is 2.48. The van der Waals surface area contributed by atoms with Crippen molar-refractivity contribution < 1.29 is 47.3 Å². The maximum Gasteiger partial charge on any atom is 0.372 e. The van der Waals surface area contributed by atoms with Gasteiger partial charge in [0.05, 0.1) is 57.3 Å². The molecule has 11 nitrogen and oxygen atoms in total. The second kappa shape index (κ2) is 18.8. The number of carboxylic acid groups (broad SMARTS) is 1. The van der Waals surface area contributed by atoms with Gasteiger partial charge in [-0.05, 0) is 79.1 Å². The van der Waals surface area contributed by atoms with Crippen molar-refractivity contribution in [3.63, 3.8) is 0 Å². The van der Waals surface area contributed by atoms with E-state index in [2.05, 4.69) is 15.7 Å². The Hall–Kier alpha value is -4.56. The molecular formula is C39H43FN2O9S. The van der Waals surface area contributed by atoms with E-state index >= 15 is 0 Å². The summed E-state index contributed by atoms with van der Waals surface area (Å²) in [6, 6.07) is 16.8. The van der Waals surface area contributed by atoms with Gasteiger partial charge in [0.15, 0.2) is 5.78 Å². The van der Waals surface area contributed by atoms with E-state index in [1.54, 1.807) is 49.3 Å². The van der Waals surface area contributed by atoms with Crippen LogP contribution in [0.1, 0.15) is 63.4 Å². The Balaban J connectivity index is 1.04. The summed E-state index contributed by atoms with van der Waals surface area (Å²) in [7, 11) is 1.58. The fourth-order valence-corrected chi connectivity index (χ4v) is 6.45. The largest absolute Gasteiger partial charge is 0.475 e. The van der Waals surface area contributed by atoms with E-state index in [-0.39, 0.29) is 11.7 Å². The van der Waals surface area contributed by atoms with Crippen molar-refractivity contribution in [1.82, 2.24) is 5.32 Å². The smallest absolute Gasteiger partial charge is 0.372 e. The molecule has 1 amide bonds. The molecule has 2 N–H and O–H groups in total. The standard InChI is InChI=1S/C39H43FN2O9S/c1-41-38(45)36-31-22-30(26-8-9-26)32(23-35(31)51-37(36)27-10-12-29(40)13-11-27)42(52-2)14-16-49-18-20-50-19-17-48-15-4-6-25-5-3-7-28(21-25)33(43)24-34(44)39(46)47/h3,5,7,10-13,21-23,26H,4,6,8-9,14-20,24H2,1-2H3,(H,41,45)(H,46,47). The summed E-state index contributed by atoms with van der Waals surface area (Å²) in [6.07, 6.45) is 4.90. The number of ketones is 2. The van der Waals surface area contributed by atoms with Crippen LogP contribution >= 0.6 is 11.9 Å². The van der Waals surface area contributed by atoms with Gasteiger partial charge in [0.1, 0.15) is 17.2 Å². The van der Waals surface area contributed by atoms with E-state index < -0.39 is 24.0 Å². The Bertz CT molecular complexity index is 1870. The van der Waals surface area contributed by atoms with Gasteiger partial charge < -0.3 is 33.4 Å². The number of ether oxygens (including phenoxy) is 3. The van der Waals surface area contributed by atoms with Crippen LogP contribution in [0, 0.1) is 5.82 Å². The van der Waals surface area contributed by atoms with Crippen LogP contribution < -0.4 is 9.62 Å². The highest BCUT2D eigenvalue weighted by atomic mass is 32.2. The molecule has 13 heteroatoms. The number of fused-ring (bicyclic) bond motifs is 1. The molecule has 0 atom stereocenters. The molecule has 1 heterocycles. The zero-order valence-corrected chi connectivity index (χ0v) is 30.1. The third kappa shape index (κ3) is 10.3. The number of carbonyl (C=O) groups is 4. The molecule has 1 aliphatic carbocycles. The molecule has 1 saturated carbocycles. The van der Waals surface area contributed by atoms with Crippen LogP contribution in [0.5, 0.6) is 0 Å². The van der Waals surface area contributed by atoms with Crippen molar-refractivity contribution in [2.24, 2.45) is 0 Å². The number of aryl methyl sites for hydroxylation is 1. The second-order valence-corrected chi connectivity index (χ2v) is 13.1. The second-order valence-electron chi connectivity index (χ2n) is 12.3. The molecule has 1 aromatic heterocycles. The molecule has 1 aliphatic rings. The maximum atomic E-state index is 13.7. The van der Waals surface area contributed by atoms with E-state index in [1.807, 2.05) is 18.4 Å². The number of nitrogens with one attached hydrogen (secondary N) is 1. The van der Waals surface area contributed by atoms with Crippen molar-refractivity contribution in [1.29, 1.82) is 0 Å². The van der Waals surface area contributed by atoms with Gasteiger partial charge in [0.25, 0.3) is 5.91 Å². The summed E-state index contributed by atoms with van der Waals surface area (Å²) in [4.78, 5) is 47.3. The van der Waals surface area contributed by atoms with Crippen molar-refractivity contribution in [2.45, 2.75) is 38.0 Å². The first-order chi connectivity index (χ1) is 25.2. The Morgan fingerprint density at radius 1 is 0.942 bits per heavy atom. The number of hydrogen-bond donors (Lipinski definition) is 2. The van der Waals surface area contributed by atoms with E-state index in [0.717, 1.165) is 41.5 Å². The topological polar surface area (TPSA) is 145 Å². The molecule has 0 spiro atoms. The van der Waals surface area contributed by atoms with Crippen LogP contribution in [0.15, 0.2) is 65.1 Å². The minimum atomic E-state index is -1.61. The molecular weight excluding hydrogens is 691 g/mol. The predicted octanol–water partition coefficient (Wildman–Crippen LogP) is 6.47. The average Bonchev–Trinajstić information content (AvgIpc) is 3.93. The van der Waals surface area contributed by atoms with Gasteiger partial charge in [-0.3, -0.25) is 14.4 Å². The molecule has 0 aliphatic heterocycles. The summed E-state index contributed by atoms with van der Waals surface area (Å²) >= 11 is 1.59. The number of aliphatic carboxylic acids is 1. The first-order valence-corrected chi connectivity index (χ1v) is 18.4. The molecule has 52 heavy (non-hydrogen) atoms. The van der Waals surface area contributed by atoms with Crippen LogP contribution in [-0.4, -0.2) is 88.0 Å². The van der Waals surface area contributed by atoms with Gasteiger partial charge in [0, 0.05) is 42.5 Å².